The van der Waals surface area contributed by atoms with Gasteiger partial charge in [-0.05, 0) is 18.1 Å². The van der Waals surface area contributed by atoms with Crippen molar-refractivity contribution in [3.63, 3.8) is 0 Å². The second-order valence-corrected chi connectivity index (χ2v) is 7.59. The Morgan fingerprint density at radius 3 is 2.45 bits per heavy atom. The van der Waals surface area contributed by atoms with Crippen molar-refractivity contribution in [2.24, 2.45) is 5.92 Å². The van der Waals surface area contributed by atoms with Crippen LogP contribution in [-0.4, -0.2) is 31.4 Å². The van der Waals surface area contributed by atoms with E-state index in [-0.39, 0.29) is 26.4 Å². The van der Waals surface area contributed by atoms with Crippen LogP contribution in [0.4, 0.5) is 0 Å². The van der Waals surface area contributed by atoms with Crippen molar-refractivity contribution in [3.8, 4) is 0 Å². The fourth-order valence-corrected chi connectivity index (χ4v) is 3.91. The van der Waals surface area contributed by atoms with Crippen molar-refractivity contribution < 1.29 is 13.5 Å². The maximum atomic E-state index is 12.5. The number of nitrogens with zero attached hydrogens (tertiary/aromatic N) is 1. The third-order valence-corrected chi connectivity index (χ3v) is 6.03. The molecule has 0 aromatic heterocycles. The molecule has 0 heterocycles. The van der Waals surface area contributed by atoms with Crippen molar-refractivity contribution in [1.29, 1.82) is 0 Å². The zero-order valence-electron chi connectivity index (χ0n) is 11.7. The van der Waals surface area contributed by atoms with Crippen molar-refractivity contribution in [1.82, 2.24) is 4.31 Å². The van der Waals surface area contributed by atoms with Gasteiger partial charge in [0, 0.05) is 24.2 Å². The maximum Gasteiger partial charge on any atom is 0.244 e. The molecule has 114 valence electrons. The van der Waals surface area contributed by atoms with Gasteiger partial charge in [0.25, 0.3) is 0 Å². The van der Waals surface area contributed by atoms with E-state index in [2.05, 4.69) is 0 Å². The van der Waals surface area contributed by atoms with E-state index >= 15 is 0 Å². The van der Waals surface area contributed by atoms with Crippen molar-refractivity contribution in [2.45, 2.75) is 31.8 Å². The maximum absolute atomic E-state index is 12.5. The van der Waals surface area contributed by atoms with E-state index in [4.69, 9.17) is 23.2 Å². The minimum Gasteiger partial charge on any atom is -0.392 e. The van der Waals surface area contributed by atoms with Gasteiger partial charge in [-0.1, -0.05) is 43.5 Å². The fourth-order valence-electron chi connectivity index (χ4n) is 1.75. The highest BCUT2D eigenvalue weighted by Crippen LogP contribution is 2.32. The highest BCUT2D eigenvalue weighted by Gasteiger charge is 2.26. The monoisotopic (exact) mass is 339 g/mol. The van der Waals surface area contributed by atoms with E-state index in [1.54, 1.807) is 0 Å². The van der Waals surface area contributed by atoms with E-state index in [0.717, 1.165) is 6.42 Å². The molecular formula is C13H19Cl2NO3S. The SMILES string of the molecule is CCC(C)CN(C)S(=O)(=O)c1ccc(Cl)c(CO)c1Cl. The number of hydrogen-bond acceptors (Lipinski definition) is 3. The number of sulfonamides is 1. The Kier molecular flexibility index (Phi) is 6.28. The summed E-state index contributed by atoms with van der Waals surface area (Å²) in [5, 5.41) is 9.47. The molecule has 0 amide bonds. The molecule has 0 aliphatic rings. The van der Waals surface area contributed by atoms with Crippen LogP contribution in [0.1, 0.15) is 25.8 Å². The summed E-state index contributed by atoms with van der Waals surface area (Å²) >= 11 is 11.9. The average Bonchev–Trinajstić information content (AvgIpc) is 2.38. The number of rotatable bonds is 6. The zero-order valence-corrected chi connectivity index (χ0v) is 14.1. The van der Waals surface area contributed by atoms with Crippen LogP contribution >= 0.6 is 23.2 Å². The van der Waals surface area contributed by atoms with Crippen LogP contribution in [0.3, 0.4) is 0 Å². The first kappa shape index (κ1) is 17.7. The van der Waals surface area contributed by atoms with Gasteiger partial charge < -0.3 is 5.11 Å². The van der Waals surface area contributed by atoms with Crippen LogP contribution in [0.2, 0.25) is 10.0 Å². The third kappa shape index (κ3) is 3.65. The molecule has 0 bridgehead atoms. The minimum atomic E-state index is -3.69. The largest absolute Gasteiger partial charge is 0.392 e. The van der Waals surface area contributed by atoms with E-state index in [9.17, 15) is 13.5 Å². The molecule has 0 spiro atoms. The van der Waals surface area contributed by atoms with E-state index in [1.807, 2.05) is 13.8 Å². The molecule has 4 nitrogen and oxygen atoms in total. The lowest BCUT2D eigenvalue weighted by Gasteiger charge is -2.21. The summed E-state index contributed by atoms with van der Waals surface area (Å²) in [6, 6.07) is 2.80. The number of halogens is 2. The summed E-state index contributed by atoms with van der Waals surface area (Å²) in [6.45, 7) is 3.99. The minimum absolute atomic E-state index is 0.0176. The Morgan fingerprint density at radius 2 is 1.95 bits per heavy atom. The highest BCUT2D eigenvalue weighted by molar-refractivity contribution is 7.89. The highest BCUT2D eigenvalue weighted by atomic mass is 35.5. The van der Waals surface area contributed by atoms with E-state index in [0.29, 0.717) is 6.54 Å². The van der Waals surface area contributed by atoms with Gasteiger partial charge in [0.05, 0.1) is 11.6 Å². The average molecular weight is 340 g/mol. The van der Waals surface area contributed by atoms with Crippen molar-refractivity contribution in [2.75, 3.05) is 13.6 Å². The van der Waals surface area contributed by atoms with Crippen molar-refractivity contribution >= 4 is 33.2 Å². The summed E-state index contributed by atoms with van der Waals surface area (Å²) in [7, 11) is -2.17. The van der Waals surface area contributed by atoms with Gasteiger partial charge in [-0.25, -0.2) is 12.7 Å². The Hall–Kier alpha value is -0.330. The summed E-state index contributed by atoms with van der Waals surface area (Å²) in [5.74, 6) is 0.248. The fraction of sp³-hybridized carbons (Fsp3) is 0.538. The molecule has 0 saturated heterocycles. The first-order valence-corrected chi connectivity index (χ1v) is 8.49. The smallest absolute Gasteiger partial charge is 0.244 e. The van der Waals surface area contributed by atoms with Crippen molar-refractivity contribution in [3.05, 3.63) is 27.7 Å². The second kappa shape index (κ2) is 7.09. The summed E-state index contributed by atoms with van der Waals surface area (Å²) < 4.78 is 26.3. The second-order valence-electron chi connectivity index (χ2n) is 4.80. The van der Waals surface area contributed by atoms with Gasteiger partial charge in [0.1, 0.15) is 4.90 Å². The number of aliphatic hydroxyl groups is 1. The molecule has 0 aliphatic heterocycles. The standard InChI is InChI=1S/C13H19Cl2NO3S/c1-4-9(2)7-16(3)20(18,19)12-6-5-11(14)10(8-17)13(12)15/h5-6,9,17H,4,7-8H2,1-3H3. The van der Waals surface area contributed by atoms with Gasteiger partial charge in [-0.15, -0.1) is 0 Å². The predicted molar refractivity (Wildman–Crippen MR) is 81.7 cm³/mol. The molecule has 1 atom stereocenters. The molecule has 0 radical (unpaired) electrons. The molecular weight excluding hydrogens is 321 g/mol. The number of benzene rings is 1. The molecule has 1 unspecified atom stereocenters. The molecule has 1 aromatic carbocycles. The molecule has 1 rings (SSSR count). The Morgan fingerprint density at radius 1 is 1.35 bits per heavy atom. The first-order chi connectivity index (χ1) is 9.25. The van der Waals surface area contributed by atoms with Crippen LogP contribution in [0.25, 0.3) is 0 Å². The summed E-state index contributed by atoms with van der Waals surface area (Å²) in [5.41, 5.74) is 0.228. The van der Waals surface area contributed by atoms with Gasteiger partial charge in [-0.3, -0.25) is 0 Å². The van der Waals surface area contributed by atoms with Crippen LogP contribution in [0, 0.1) is 5.92 Å². The molecule has 1 N–H and O–H groups in total. The van der Waals surface area contributed by atoms with Gasteiger partial charge >= 0.3 is 0 Å². The van der Waals surface area contributed by atoms with Gasteiger partial charge in [-0.2, -0.15) is 0 Å². The summed E-state index contributed by atoms with van der Waals surface area (Å²) in [4.78, 5) is -0.0292. The van der Waals surface area contributed by atoms with Crippen LogP contribution in [0.5, 0.6) is 0 Å². The Bertz CT molecular complexity index is 575. The molecule has 7 heteroatoms. The lowest BCUT2D eigenvalue weighted by molar-refractivity contribution is 0.281. The van der Waals surface area contributed by atoms with Crippen LogP contribution in [0.15, 0.2) is 17.0 Å². The molecule has 1 aromatic rings. The normalized spacial score (nSPS) is 13.8. The lowest BCUT2D eigenvalue weighted by Crippen LogP contribution is -2.31. The van der Waals surface area contributed by atoms with E-state index in [1.165, 1.54) is 23.5 Å². The number of hydrogen-bond donors (Lipinski definition) is 1. The molecule has 0 saturated carbocycles. The topological polar surface area (TPSA) is 57.6 Å². The summed E-state index contributed by atoms with van der Waals surface area (Å²) in [6.07, 6.45) is 0.885. The molecule has 0 fully saturated rings. The van der Waals surface area contributed by atoms with Gasteiger partial charge in [0.15, 0.2) is 0 Å². The number of aliphatic hydroxyl groups excluding tert-OH is 1. The van der Waals surface area contributed by atoms with Crippen LogP contribution in [-0.2, 0) is 16.6 Å². The molecule has 0 aliphatic carbocycles. The third-order valence-electron chi connectivity index (χ3n) is 3.26. The van der Waals surface area contributed by atoms with E-state index < -0.39 is 16.6 Å². The van der Waals surface area contributed by atoms with Gasteiger partial charge in [0.2, 0.25) is 10.0 Å². The molecule has 20 heavy (non-hydrogen) atoms. The lowest BCUT2D eigenvalue weighted by atomic mass is 10.1. The first-order valence-electron chi connectivity index (χ1n) is 6.29. The Labute approximate surface area is 130 Å². The van der Waals surface area contributed by atoms with Crippen LogP contribution < -0.4 is 0 Å². The quantitative estimate of drug-likeness (QED) is 0.865. The zero-order chi connectivity index (χ0) is 15.5. The predicted octanol–water partition coefficient (Wildman–Crippen LogP) is 3.15. The Balaban J connectivity index is 3.23.